The lowest BCUT2D eigenvalue weighted by molar-refractivity contribution is -0.0154. The summed E-state index contributed by atoms with van der Waals surface area (Å²) in [6, 6.07) is 0. The Morgan fingerprint density at radius 3 is 1.39 bits per heavy atom. The van der Waals surface area contributed by atoms with Gasteiger partial charge in [0.1, 0.15) is 0 Å². The quantitative estimate of drug-likeness (QED) is 0.0851. The molecule has 170 valence electrons. The number of alkyl halides is 1. The molecule has 0 spiro atoms. The molecule has 0 saturated carbocycles. The molecule has 2 heteroatoms. The van der Waals surface area contributed by atoms with E-state index < -0.39 is 0 Å². The van der Waals surface area contributed by atoms with Crippen molar-refractivity contribution in [1.82, 2.24) is 0 Å². The molecule has 0 aromatic heterocycles. The minimum absolute atomic E-state index is 0.0720. The van der Waals surface area contributed by atoms with Crippen LogP contribution in [-0.2, 0) is 4.74 Å². The summed E-state index contributed by atoms with van der Waals surface area (Å²) < 4.78 is 7.04. The zero-order valence-corrected chi connectivity index (χ0v) is 22.4. The van der Waals surface area contributed by atoms with Crippen LogP contribution in [-0.4, -0.2) is 16.6 Å². The van der Waals surface area contributed by atoms with Crippen molar-refractivity contribution in [3.63, 3.8) is 0 Å². The highest BCUT2D eigenvalue weighted by atomic mass is 127. The predicted molar refractivity (Wildman–Crippen MR) is 137 cm³/mol. The maximum absolute atomic E-state index is 5.95. The Hall–Kier alpha value is 0.690. The van der Waals surface area contributed by atoms with E-state index in [1.54, 1.807) is 0 Å². The number of hydrogen-bond donors (Lipinski definition) is 0. The van der Waals surface area contributed by atoms with Crippen LogP contribution in [0.15, 0.2) is 0 Å². The van der Waals surface area contributed by atoms with Gasteiger partial charge in [0.05, 0.1) is 12.2 Å². The maximum atomic E-state index is 5.95. The Morgan fingerprint density at radius 1 is 0.571 bits per heavy atom. The average molecular weight is 509 g/mol. The molecule has 0 radical (unpaired) electrons. The first-order valence-corrected chi connectivity index (χ1v) is 14.2. The van der Waals surface area contributed by atoms with Gasteiger partial charge >= 0.3 is 0 Å². The van der Waals surface area contributed by atoms with Gasteiger partial charge in [0.25, 0.3) is 0 Å². The lowest BCUT2D eigenvalue weighted by Crippen LogP contribution is -2.25. The molecular weight excluding hydrogens is 455 g/mol. The molecule has 1 nitrogen and oxygen atoms in total. The number of hydrogen-bond acceptors (Lipinski definition) is 1. The van der Waals surface area contributed by atoms with Crippen molar-refractivity contribution in [3.8, 4) is 0 Å². The Morgan fingerprint density at radius 2 is 0.964 bits per heavy atom. The number of halogens is 1. The van der Waals surface area contributed by atoms with Crippen LogP contribution in [0.5, 0.6) is 0 Å². The monoisotopic (exact) mass is 508 g/mol. The van der Waals surface area contributed by atoms with Crippen molar-refractivity contribution in [3.05, 3.63) is 0 Å². The first-order valence-electron chi connectivity index (χ1n) is 12.6. The van der Waals surface area contributed by atoms with E-state index in [0.717, 1.165) is 11.0 Å². The van der Waals surface area contributed by atoms with Crippen LogP contribution in [0.4, 0.5) is 0 Å². The zero-order valence-electron chi connectivity index (χ0n) is 20.2. The van der Waals surface area contributed by atoms with Gasteiger partial charge in [-0.15, -0.1) is 0 Å². The van der Waals surface area contributed by atoms with E-state index in [1.807, 2.05) is 0 Å². The standard InChI is InChI=1S/C26H53IO/c1-6-9-19-26(20-10-7-2,21-11-8-3)22-17-15-13-12-14-16-18-25(4,5)28-24-23-27/h6-24H2,1-5H3. The number of rotatable bonds is 21. The highest BCUT2D eigenvalue weighted by Gasteiger charge is 2.27. The highest BCUT2D eigenvalue weighted by molar-refractivity contribution is 14.1. The van der Waals surface area contributed by atoms with Gasteiger partial charge in [0.2, 0.25) is 0 Å². The Balaban J connectivity index is 4.10. The third kappa shape index (κ3) is 15.5. The van der Waals surface area contributed by atoms with E-state index >= 15 is 0 Å². The fraction of sp³-hybridized carbons (Fsp3) is 1.00. The smallest absolute Gasteiger partial charge is 0.0626 e. The Labute approximate surface area is 192 Å². The Bertz CT molecular complexity index is 305. The molecule has 0 atom stereocenters. The minimum Gasteiger partial charge on any atom is -0.375 e. The van der Waals surface area contributed by atoms with Crippen molar-refractivity contribution < 1.29 is 4.74 Å². The molecule has 0 bridgehead atoms. The maximum Gasteiger partial charge on any atom is 0.0626 e. The highest BCUT2D eigenvalue weighted by Crippen LogP contribution is 2.41. The summed E-state index contributed by atoms with van der Waals surface area (Å²) in [6.45, 7) is 12.5. The van der Waals surface area contributed by atoms with E-state index in [4.69, 9.17) is 4.74 Å². The second-order valence-electron chi connectivity index (χ2n) is 9.73. The molecule has 0 heterocycles. The van der Waals surface area contributed by atoms with Gasteiger partial charge in [0.15, 0.2) is 0 Å². The van der Waals surface area contributed by atoms with Crippen LogP contribution in [0.1, 0.15) is 144 Å². The second-order valence-corrected chi connectivity index (χ2v) is 10.8. The molecule has 0 fully saturated rings. The van der Waals surface area contributed by atoms with E-state index in [9.17, 15) is 0 Å². The summed E-state index contributed by atoms with van der Waals surface area (Å²) in [6.07, 6.45) is 24.0. The van der Waals surface area contributed by atoms with Crippen LogP contribution in [0.25, 0.3) is 0 Å². The summed E-state index contributed by atoms with van der Waals surface area (Å²) in [5.41, 5.74) is 0.741. The molecule has 0 unspecified atom stereocenters. The Kier molecular flexibility index (Phi) is 18.9. The van der Waals surface area contributed by atoms with E-state index in [1.165, 1.54) is 109 Å². The normalized spacial score (nSPS) is 12.6. The predicted octanol–water partition coefficient (Wildman–Crippen LogP) is 9.89. The van der Waals surface area contributed by atoms with E-state index in [2.05, 4.69) is 57.2 Å². The molecule has 0 aliphatic heterocycles. The molecule has 0 aliphatic carbocycles. The molecule has 0 amide bonds. The topological polar surface area (TPSA) is 9.23 Å². The summed E-state index contributed by atoms with van der Waals surface area (Å²) in [5.74, 6) is 0. The van der Waals surface area contributed by atoms with Crippen LogP contribution in [0.3, 0.4) is 0 Å². The van der Waals surface area contributed by atoms with Crippen molar-refractivity contribution in [2.75, 3.05) is 11.0 Å². The van der Waals surface area contributed by atoms with Crippen LogP contribution < -0.4 is 0 Å². The van der Waals surface area contributed by atoms with E-state index in [-0.39, 0.29) is 5.60 Å². The fourth-order valence-corrected chi connectivity index (χ4v) is 4.77. The van der Waals surface area contributed by atoms with Crippen LogP contribution in [0, 0.1) is 5.41 Å². The molecule has 0 aromatic carbocycles. The van der Waals surface area contributed by atoms with Crippen LogP contribution >= 0.6 is 22.6 Å². The first kappa shape index (κ1) is 28.7. The number of ether oxygens (including phenoxy) is 1. The van der Waals surface area contributed by atoms with Crippen LogP contribution in [0.2, 0.25) is 0 Å². The molecular formula is C26H53IO. The summed E-state index contributed by atoms with van der Waals surface area (Å²) >= 11 is 2.39. The molecule has 28 heavy (non-hydrogen) atoms. The third-order valence-electron chi connectivity index (χ3n) is 6.49. The average Bonchev–Trinajstić information content (AvgIpc) is 2.69. The van der Waals surface area contributed by atoms with Gasteiger partial charge in [0, 0.05) is 4.43 Å². The lowest BCUT2D eigenvalue weighted by atomic mass is 9.71. The largest absolute Gasteiger partial charge is 0.375 e. The summed E-state index contributed by atoms with van der Waals surface area (Å²) in [4.78, 5) is 0. The number of unbranched alkanes of at least 4 members (excludes halogenated alkanes) is 8. The minimum atomic E-state index is 0.0720. The van der Waals surface area contributed by atoms with Gasteiger partial charge in [-0.1, -0.05) is 120 Å². The summed E-state index contributed by atoms with van der Waals surface area (Å²) in [5, 5.41) is 0. The molecule has 0 aliphatic rings. The molecule has 0 rings (SSSR count). The third-order valence-corrected chi connectivity index (χ3v) is 6.93. The summed E-state index contributed by atoms with van der Waals surface area (Å²) in [7, 11) is 0. The van der Waals surface area contributed by atoms with Gasteiger partial charge in [-0.05, 0) is 51.4 Å². The van der Waals surface area contributed by atoms with Gasteiger partial charge < -0.3 is 4.74 Å². The van der Waals surface area contributed by atoms with E-state index in [0.29, 0.717) is 5.41 Å². The van der Waals surface area contributed by atoms with Crippen molar-refractivity contribution in [1.29, 1.82) is 0 Å². The second kappa shape index (κ2) is 18.5. The van der Waals surface area contributed by atoms with Crippen molar-refractivity contribution in [2.24, 2.45) is 5.41 Å². The first-order chi connectivity index (χ1) is 13.4. The molecule has 0 saturated heterocycles. The SMILES string of the molecule is CCCCC(CCCC)(CCCC)CCCCCCCCC(C)(C)OCCI. The van der Waals surface area contributed by atoms with Gasteiger partial charge in [-0.3, -0.25) is 0 Å². The zero-order chi connectivity index (χ0) is 21.1. The van der Waals surface area contributed by atoms with Crippen molar-refractivity contribution in [2.45, 2.75) is 149 Å². The van der Waals surface area contributed by atoms with Crippen molar-refractivity contribution >= 4 is 22.6 Å². The lowest BCUT2D eigenvalue weighted by Gasteiger charge is -2.35. The fourth-order valence-electron chi connectivity index (χ4n) is 4.55. The van der Waals surface area contributed by atoms with Gasteiger partial charge in [-0.2, -0.15) is 0 Å². The molecule has 0 aromatic rings. The molecule has 0 N–H and O–H groups in total. The van der Waals surface area contributed by atoms with Gasteiger partial charge in [-0.25, -0.2) is 0 Å².